The molecule has 0 spiro atoms. The smallest absolute Gasteiger partial charge is 0.357 e. The lowest BCUT2D eigenvalue weighted by atomic mass is 10.2. The van der Waals surface area contributed by atoms with Crippen molar-refractivity contribution in [1.82, 2.24) is 4.98 Å². The summed E-state index contributed by atoms with van der Waals surface area (Å²) in [5.41, 5.74) is 0.0178. The fourth-order valence-corrected chi connectivity index (χ4v) is 2.11. The predicted octanol–water partition coefficient (Wildman–Crippen LogP) is 2.85. The number of hydrogen-bond acceptors (Lipinski definition) is 5. The summed E-state index contributed by atoms with van der Waals surface area (Å²) in [4.78, 5) is 27.1. The van der Waals surface area contributed by atoms with Crippen molar-refractivity contribution in [3.05, 3.63) is 46.5 Å². The lowest BCUT2D eigenvalue weighted by molar-refractivity contribution is 0.0520. The lowest BCUT2D eigenvalue weighted by Crippen LogP contribution is -2.13. The second-order valence-corrected chi connectivity index (χ2v) is 4.70. The van der Waals surface area contributed by atoms with E-state index in [1.807, 2.05) is 0 Å². The number of nitrogens with zero attached hydrogens (tertiary/aromatic N) is 1. The van der Waals surface area contributed by atoms with Crippen LogP contribution in [-0.2, 0) is 4.74 Å². The Morgan fingerprint density at radius 3 is 2.76 bits per heavy atom. The Morgan fingerprint density at radius 2 is 2.10 bits per heavy atom. The highest BCUT2D eigenvalue weighted by Gasteiger charge is 2.15. The van der Waals surface area contributed by atoms with Crippen molar-refractivity contribution >= 4 is 28.3 Å². The van der Waals surface area contributed by atoms with Crippen LogP contribution < -0.4 is 5.32 Å². The van der Waals surface area contributed by atoms with Crippen molar-refractivity contribution < 1.29 is 23.1 Å². The molecule has 0 radical (unpaired) electrons. The van der Waals surface area contributed by atoms with Crippen LogP contribution in [0.1, 0.15) is 27.8 Å². The van der Waals surface area contributed by atoms with E-state index in [4.69, 9.17) is 4.74 Å². The summed E-state index contributed by atoms with van der Waals surface area (Å²) >= 11 is 1.02. The molecule has 2 aromatic rings. The number of esters is 1. The van der Waals surface area contributed by atoms with E-state index < -0.39 is 23.5 Å². The maximum atomic E-state index is 13.0. The topological polar surface area (TPSA) is 68.3 Å². The third kappa shape index (κ3) is 3.60. The summed E-state index contributed by atoms with van der Waals surface area (Å²) in [6.45, 7) is 1.88. The first-order chi connectivity index (χ1) is 10.0. The Kier molecular flexibility index (Phi) is 4.59. The van der Waals surface area contributed by atoms with Crippen molar-refractivity contribution in [3.63, 3.8) is 0 Å². The van der Waals surface area contributed by atoms with Gasteiger partial charge in [-0.2, -0.15) is 0 Å². The van der Waals surface area contributed by atoms with Gasteiger partial charge in [0, 0.05) is 10.9 Å². The minimum atomic E-state index is -1.12. The number of rotatable bonds is 4. The normalized spacial score (nSPS) is 10.2. The van der Waals surface area contributed by atoms with Crippen molar-refractivity contribution in [2.45, 2.75) is 6.92 Å². The summed E-state index contributed by atoms with van der Waals surface area (Å²) < 4.78 is 30.6. The third-order valence-corrected chi connectivity index (χ3v) is 3.15. The summed E-state index contributed by atoms with van der Waals surface area (Å²) in [7, 11) is 0. The highest BCUT2D eigenvalue weighted by molar-refractivity contribution is 7.14. The number of anilines is 1. The lowest BCUT2D eigenvalue weighted by Gasteiger charge is -2.02. The molecule has 0 saturated heterocycles. The Hall–Kier alpha value is -2.35. The molecule has 1 aromatic heterocycles. The minimum Gasteiger partial charge on any atom is -0.461 e. The van der Waals surface area contributed by atoms with Gasteiger partial charge in [0.2, 0.25) is 0 Å². The van der Waals surface area contributed by atoms with E-state index in [9.17, 15) is 18.4 Å². The first kappa shape index (κ1) is 15.0. The molecule has 0 aliphatic rings. The van der Waals surface area contributed by atoms with E-state index in [-0.39, 0.29) is 23.0 Å². The first-order valence-corrected chi connectivity index (χ1v) is 6.78. The number of nitrogens with one attached hydrogen (secondary N) is 1. The molecule has 0 atom stereocenters. The van der Waals surface area contributed by atoms with Crippen LogP contribution >= 0.6 is 11.3 Å². The highest BCUT2D eigenvalue weighted by atomic mass is 32.1. The predicted molar refractivity (Wildman–Crippen MR) is 72.4 cm³/mol. The van der Waals surface area contributed by atoms with Crippen molar-refractivity contribution in [1.29, 1.82) is 0 Å². The van der Waals surface area contributed by atoms with Crippen molar-refractivity contribution in [2.24, 2.45) is 0 Å². The van der Waals surface area contributed by atoms with E-state index in [1.165, 1.54) is 5.38 Å². The molecular formula is C13H10F2N2O3S. The fraction of sp³-hybridized carbons (Fsp3) is 0.154. The van der Waals surface area contributed by atoms with E-state index in [2.05, 4.69) is 10.3 Å². The molecule has 21 heavy (non-hydrogen) atoms. The van der Waals surface area contributed by atoms with E-state index >= 15 is 0 Å². The zero-order chi connectivity index (χ0) is 15.4. The second-order valence-electron chi connectivity index (χ2n) is 3.84. The van der Waals surface area contributed by atoms with E-state index in [1.54, 1.807) is 6.92 Å². The van der Waals surface area contributed by atoms with Gasteiger partial charge in [0.15, 0.2) is 22.5 Å². The van der Waals surface area contributed by atoms with Crippen LogP contribution in [0.3, 0.4) is 0 Å². The largest absolute Gasteiger partial charge is 0.461 e. The van der Waals surface area contributed by atoms with Gasteiger partial charge in [-0.05, 0) is 25.1 Å². The standard InChI is InChI=1S/C13H10F2N2O3S/c1-2-20-12(19)10-6-21-13(16-10)17-11(18)7-3-4-8(14)9(15)5-7/h3-6H,2H2,1H3,(H,16,17,18). The SMILES string of the molecule is CCOC(=O)c1csc(NC(=O)c2ccc(F)c(F)c2)n1. The molecule has 1 aromatic carbocycles. The number of thiazole rings is 1. The van der Waals surface area contributed by atoms with Crippen LogP contribution in [-0.4, -0.2) is 23.5 Å². The van der Waals surface area contributed by atoms with Crippen molar-refractivity contribution in [2.75, 3.05) is 11.9 Å². The second kappa shape index (κ2) is 6.40. The molecule has 0 aliphatic heterocycles. The summed E-state index contributed by atoms with van der Waals surface area (Å²) in [5.74, 6) is -3.40. The minimum absolute atomic E-state index is 0.0539. The maximum absolute atomic E-state index is 13.0. The Labute approximate surface area is 122 Å². The Bertz CT molecular complexity index is 688. The molecule has 1 heterocycles. The van der Waals surface area contributed by atoms with Crippen LogP contribution in [0.2, 0.25) is 0 Å². The molecule has 1 N–H and O–H groups in total. The average Bonchev–Trinajstić information content (AvgIpc) is 2.90. The van der Waals surface area contributed by atoms with Gasteiger partial charge in [-0.15, -0.1) is 11.3 Å². The van der Waals surface area contributed by atoms with E-state index in [0.717, 1.165) is 29.5 Å². The quantitative estimate of drug-likeness (QED) is 0.882. The summed E-state index contributed by atoms with van der Waals surface area (Å²) in [6, 6.07) is 2.79. The number of amides is 1. The van der Waals surface area contributed by atoms with E-state index in [0.29, 0.717) is 0 Å². The Balaban J connectivity index is 2.09. The van der Waals surface area contributed by atoms with Gasteiger partial charge in [0.05, 0.1) is 6.61 Å². The molecule has 5 nitrogen and oxygen atoms in total. The van der Waals surface area contributed by atoms with Crippen LogP contribution in [0.25, 0.3) is 0 Å². The number of hydrogen-bond donors (Lipinski definition) is 1. The van der Waals surface area contributed by atoms with Gasteiger partial charge in [-0.1, -0.05) is 0 Å². The number of aromatic nitrogens is 1. The molecule has 0 bridgehead atoms. The van der Waals surface area contributed by atoms with Crippen LogP contribution in [0, 0.1) is 11.6 Å². The number of ether oxygens (including phenoxy) is 1. The average molecular weight is 312 g/mol. The van der Waals surface area contributed by atoms with Crippen LogP contribution in [0.15, 0.2) is 23.6 Å². The highest BCUT2D eigenvalue weighted by Crippen LogP contribution is 2.18. The molecule has 0 aliphatic carbocycles. The molecule has 8 heteroatoms. The monoisotopic (exact) mass is 312 g/mol. The number of halogens is 2. The molecule has 2 rings (SSSR count). The number of carbonyl (C=O) groups is 2. The molecule has 110 valence electrons. The van der Waals surface area contributed by atoms with Gasteiger partial charge >= 0.3 is 5.97 Å². The first-order valence-electron chi connectivity index (χ1n) is 5.90. The fourth-order valence-electron chi connectivity index (χ4n) is 1.44. The molecule has 1 amide bonds. The number of carbonyl (C=O) groups excluding carboxylic acids is 2. The molecule has 0 unspecified atom stereocenters. The summed E-state index contributed by atoms with van der Waals surface area (Å²) in [5, 5.41) is 3.98. The van der Waals surface area contributed by atoms with Gasteiger partial charge in [0.25, 0.3) is 5.91 Å². The summed E-state index contributed by atoms with van der Waals surface area (Å²) in [6.07, 6.45) is 0. The molecule has 0 saturated carbocycles. The van der Waals surface area contributed by atoms with Crippen LogP contribution in [0.5, 0.6) is 0 Å². The third-order valence-electron chi connectivity index (χ3n) is 2.39. The van der Waals surface area contributed by atoms with Gasteiger partial charge < -0.3 is 4.74 Å². The van der Waals surface area contributed by atoms with Crippen LogP contribution in [0.4, 0.5) is 13.9 Å². The zero-order valence-corrected chi connectivity index (χ0v) is 11.7. The van der Waals surface area contributed by atoms with Gasteiger partial charge in [0.1, 0.15) is 0 Å². The Morgan fingerprint density at radius 1 is 1.33 bits per heavy atom. The molecular weight excluding hydrogens is 302 g/mol. The van der Waals surface area contributed by atoms with Gasteiger partial charge in [-0.25, -0.2) is 18.6 Å². The zero-order valence-electron chi connectivity index (χ0n) is 10.9. The maximum Gasteiger partial charge on any atom is 0.357 e. The van der Waals surface area contributed by atoms with Gasteiger partial charge in [-0.3, -0.25) is 10.1 Å². The van der Waals surface area contributed by atoms with Crippen molar-refractivity contribution in [3.8, 4) is 0 Å². The number of benzene rings is 1. The molecule has 0 fully saturated rings.